The summed E-state index contributed by atoms with van der Waals surface area (Å²) in [7, 11) is 0. The summed E-state index contributed by atoms with van der Waals surface area (Å²) in [6, 6.07) is 9.64. The summed E-state index contributed by atoms with van der Waals surface area (Å²) in [4.78, 5) is 12.8. The number of allylic oxidation sites excluding steroid dienone is 4. The maximum absolute atomic E-state index is 12.8. The molecule has 1 aromatic carbocycles. The van der Waals surface area contributed by atoms with Crippen LogP contribution >= 0.6 is 0 Å². The first-order valence-corrected chi connectivity index (χ1v) is 7.71. The Hall–Kier alpha value is -1.63. The largest absolute Gasteiger partial charge is 0.294 e. The smallest absolute Gasteiger partial charge is 0.169 e. The second kappa shape index (κ2) is 5.63. The molecule has 0 radical (unpaired) electrons. The average Bonchev–Trinajstić information content (AvgIpc) is 2.72. The molecule has 0 aromatic heterocycles. The van der Waals surface area contributed by atoms with E-state index >= 15 is 0 Å². The quantitative estimate of drug-likeness (QED) is 0.674. The van der Waals surface area contributed by atoms with E-state index in [0.29, 0.717) is 5.92 Å². The summed E-state index contributed by atoms with van der Waals surface area (Å²) in [5.74, 6) is 0.521. The van der Waals surface area contributed by atoms with E-state index in [0.717, 1.165) is 5.56 Å². The van der Waals surface area contributed by atoms with E-state index in [1.165, 1.54) is 16.7 Å². The number of hydrogen-bond donors (Lipinski definition) is 0. The zero-order valence-electron chi connectivity index (χ0n) is 14.0. The molecule has 1 aromatic rings. The van der Waals surface area contributed by atoms with E-state index in [1.807, 2.05) is 30.3 Å². The van der Waals surface area contributed by atoms with Crippen LogP contribution in [-0.4, -0.2) is 5.78 Å². The average molecular weight is 282 g/mol. The number of ketones is 1. The van der Waals surface area contributed by atoms with Gasteiger partial charge in [-0.05, 0) is 24.8 Å². The Morgan fingerprint density at radius 2 is 1.67 bits per heavy atom. The Morgan fingerprint density at radius 1 is 1.10 bits per heavy atom. The first-order valence-electron chi connectivity index (χ1n) is 7.71. The molecular formula is C20H26O. The molecule has 21 heavy (non-hydrogen) atoms. The van der Waals surface area contributed by atoms with Crippen LogP contribution in [0.3, 0.4) is 0 Å². The van der Waals surface area contributed by atoms with Gasteiger partial charge in [0.05, 0.1) is 0 Å². The molecule has 2 unspecified atom stereocenters. The molecule has 0 amide bonds. The van der Waals surface area contributed by atoms with Gasteiger partial charge >= 0.3 is 0 Å². The van der Waals surface area contributed by atoms with Gasteiger partial charge < -0.3 is 0 Å². The van der Waals surface area contributed by atoms with E-state index in [4.69, 9.17) is 0 Å². The summed E-state index contributed by atoms with van der Waals surface area (Å²) >= 11 is 0. The summed E-state index contributed by atoms with van der Waals surface area (Å²) in [6.07, 6.45) is 2.25. The van der Waals surface area contributed by atoms with Gasteiger partial charge in [0.15, 0.2) is 5.78 Å². The van der Waals surface area contributed by atoms with Crippen LogP contribution in [0, 0.1) is 17.3 Å². The molecule has 1 nitrogen and oxygen atoms in total. The van der Waals surface area contributed by atoms with Crippen LogP contribution in [0.5, 0.6) is 0 Å². The van der Waals surface area contributed by atoms with E-state index in [-0.39, 0.29) is 17.1 Å². The zero-order valence-corrected chi connectivity index (χ0v) is 14.0. The number of rotatable bonds is 3. The van der Waals surface area contributed by atoms with Crippen molar-refractivity contribution in [2.45, 2.75) is 41.5 Å². The lowest BCUT2D eigenvalue weighted by Gasteiger charge is -2.34. The van der Waals surface area contributed by atoms with Crippen molar-refractivity contribution >= 4 is 5.78 Å². The molecule has 112 valence electrons. The van der Waals surface area contributed by atoms with Crippen LogP contribution in [0.15, 0.2) is 53.1 Å². The van der Waals surface area contributed by atoms with Crippen molar-refractivity contribution in [3.8, 4) is 0 Å². The Balaban J connectivity index is 2.37. The molecule has 0 spiro atoms. The Labute approximate surface area is 128 Å². The Kier molecular flexibility index (Phi) is 4.22. The van der Waals surface area contributed by atoms with Gasteiger partial charge in [-0.2, -0.15) is 0 Å². The summed E-state index contributed by atoms with van der Waals surface area (Å²) in [5, 5.41) is 0. The molecule has 0 N–H and O–H groups in total. The highest BCUT2D eigenvalue weighted by atomic mass is 16.1. The highest BCUT2D eigenvalue weighted by Gasteiger charge is 2.37. The SMILES string of the molecule is CC1=CC(C)=C(C(C)C(=O)c2ccccc2)C1C(C)(C)C. The first kappa shape index (κ1) is 15.8. The molecule has 2 rings (SSSR count). The number of carbonyl (C=O) groups excluding carboxylic acids is 1. The monoisotopic (exact) mass is 282 g/mol. The fourth-order valence-corrected chi connectivity index (χ4v) is 3.72. The Morgan fingerprint density at radius 3 is 2.19 bits per heavy atom. The molecule has 0 fully saturated rings. The van der Waals surface area contributed by atoms with E-state index in [2.05, 4.69) is 47.6 Å². The number of benzene rings is 1. The molecule has 0 saturated heterocycles. The van der Waals surface area contributed by atoms with E-state index < -0.39 is 0 Å². The van der Waals surface area contributed by atoms with Gasteiger partial charge in [-0.1, -0.05) is 75.2 Å². The third-order valence-electron chi connectivity index (χ3n) is 4.45. The second-order valence-corrected chi connectivity index (χ2v) is 7.28. The van der Waals surface area contributed by atoms with Crippen molar-refractivity contribution in [3.05, 3.63) is 58.7 Å². The standard InChI is InChI=1S/C20H26O/c1-13-12-14(2)18(20(4,5)6)17(13)15(3)19(21)16-10-8-7-9-11-16/h7-12,15,18H,1-6H3. The third kappa shape index (κ3) is 3.02. The molecule has 1 aliphatic rings. The lowest BCUT2D eigenvalue weighted by atomic mass is 9.70. The van der Waals surface area contributed by atoms with Crippen LogP contribution in [0.4, 0.5) is 0 Å². The van der Waals surface area contributed by atoms with Crippen molar-refractivity contribution < 1.29 is 4.79 Å². The maximum Gasteiger partial charge on any atom is 0.169 e. The van der Waals surface area contributed by atoms with Crippen LogP contribution in [0.25, 0.3) is 0 Å². The Bertz CT molecular complexity index is 596. The number of hydrogen-bond acceptors (Lipinski definition) is 1. The van der Waals surface area contributed by atoms with Crippen molar-refractivity contribution in [2.24, 2.45) is 17.3 Å². The molecule has 0 bridgehead atoms. The van der Waals surface area contributed by atoms with E-state index in [1.54, 1.807) is 0 Å². The van der Waals surface area contributed by atoms with Gasteiger partial charge in [-0.25, -0.2) is 0 Å². The van der Waals surface area contributed by atoms with Crippen molar-refractivity contribution in [2.75, 3.05) is 0 Å². The molecule has 1 heteroatoms. The zero-order chi connectivity index (χ0) is 15.8. The van der Waals surface area contributed by atoms with Crippen LogP contribution in [-0.2, 0) is 0 Å². The van der Waals surface area contributed by atoms with E-state index in [9.17, 15) is 4.79 Å². The highest BCUT2D eigenvalue weighted by Crippen LogP contribution is 2.46. The normalized spacial score (nSPS) is 20.5. The third-order valence-corrected chi connectivity index (χ3v) is 4.45. The minimum absolute atomic E-state index is 0.0645. The summed E-state index contributed by atoms with van der Waals surface area (Å²) in [5.41, 5.74) is 4.89. The predicted molar refractivity (Wildman–Crippen MR) is 89.3 cm³/mol. The summed E-state index contributed by atoms with van der Waals surface area (Å²) < 4.78 is 0. The van der Waals surface area contributed by atoms with Gasteiger partial charge in [0.25, 0.3) is 0 Å². The lowest BCUT2D eigenvalue weighted by molar-refractivity contribution is 0.0938. The first-order chi connectivity index (χ1) is 9.73. The maximum atomic E-state index is 12.8. The topological polar surface area (TPSA) is 17.1 Å². The van der Waals surface area contributed by atoms with Gasteiger partial charge in [0.2, 0.25) is 0 Å². The number of Topliss-reactive ketones (excluding diaryl/α,β-unsaturated/α-hetero) is 1. The number of carbonyl (C=O) groups is 1. The molecule has 0 heterocycles. The van der Waals surface area contributed by atoms with Crippen molar-refractivity contribution in [1.82, 2.24) is 0 Å². The minimum Gasteiger partial charge on any atom is -0.294 e. The fraction of sp³-hybridized carbons (Fsp3) is 0.450. The minimum atomic E-state index is -0.0645. The van der Waals surface area contributed by atoms with Gasteiger partial charge in [0, 0.05) is 17.4 Å². The fourth-order valence-electron chi connectivity index (χ4n) is 3.72. The highest BCUT2D eigenvalue weighted by molar-refractivity contribution is 5.99. The summed E-state index contributed by atoms with van der Waals surface area (Å²) in [6.45, 7) is 13.2. The van der Waals surface area contributed by atoms with Gasteiger partial charge in [-0.15, -0.1) is 0 Å². The molecule has 0 saturated carbocycles. The predicted octanol–water partition coefficient (Wildman–Crippen LogP) is 5.44. The van der Waals surface area contributed by atoms with Crippen LogP contribution in [0.2, 0.25) is 0 Å². The van der Waals surface area contributed by atoms with Crippen molar-refractivity contribution in [1.29, 1.82) is 0 Å². The molecule has 2 atom stereocenters. The van der Waals surface area contributed by atoms with Crippen molar-refractivity contribution in [3.63, 3.8) is 0 Å². The van der Waals surface area contributed by atoms with Gasteiger partial charge in [0.1, 0.15) is 0 Å². The molecular weight excluding hydrogens is 256 g/mol. The molecule has 1 aliphatic carbocycles. The van der Waals surface area contributed by atoms with Crippen LogP contribution in [0.1, 0.15) is 51.9 Å². The molecule has 0 aliphatic heterocycles. The van der Waals surface area contributed by atoms with Gasteiger partial charge in [-0.3, -0.25) is 4.79 Å². The lowest BCUT2D eigenvalue weighted by Crippen LogP contribution is -2.28. The van der Waals surface area contributed by atoms with Crippen LogP contribution < -0.4 is 0 Å². The second-order valence-electron chi connectivity index (χ2n) is 7.28.